The molecule has 0 spiro atoms. The molecule has 2 aliphatic rings. The molecule has 6 rings (SSSR count). The monoisotopic (exact) mass is 386 g/mol. The van der Waals surface area contributed by atoms with Crippen molar-refractivity contribution in [2.45, 2.75) is 5.60 Å². The smallest absolute Gasteiger partial charge is 0.198 e. The Labute approximate surface area is 175 Å². The van der Waals surface area contributed by atoms with Crippen molar-refractivity contribution in [2.75, 3.05) is 0 Å². The van der Waals surface area contributed by atoms with Gasteiger partial charge < -0.3 is 4.74 Å². The molecule has 0 amide bonds. The summed E-state index contributed by atoms with van der Waals surface area (Å²) in [6, 6.07) is 32.2. The van der Waals surface area contributed by atoms with Crippen LogP contribution in [0.15, 0.2) is 103 Å². The number of ketones is 1. The van der Waals surface area contributed by atoms with E-state index >= 15 is 0 Å². The molecule has 4 aromatic rings. The summed E-state index contributed by atoms with van der Waals surface area (Å²) in [7, 11) is 0. The number of fused-ring (bicyclic) bond motifs is 5. The van der Waals surface area contributed by atoms with Gasteiger partial charge in [0.25, 0.3) is 0 Å². The zero-order valence-electron chi connectivity index (χ0n) is 16.2. The summed E-state index contributed by atoms with van der Waals surface area (Å²) >= 11 is 0. The van der Waals surface area contributed by atoms with E-state index in [1.807, 2.05) is 72.8 Å². The fraction of sp³-hybridized carbons (Fsp3) is 0.0357. The van der Waals surface area contributed by atoms with Crippen LogP contribution in [0.2, 0.25) is 0 Å². The standard InChI is InChI=1S/C28H18O2/c29-26-24-14-8-7-13-22(24)23-16-15-19-17-18-28(30-27(19)25(23)26,20-9-3-1-4-10-20)21-11-5-2-6-12-21/h1-18H. The third kappa shape index (κ3) is 2.28. The molecule has 0 radical (unpaired) electrons. The van der Waals surface area contributed by atoms with Crippen molar-refractivity contribution in [1.82, 2.24) is 0 Å². The predicted octanol–water partition coefficient (Wildman–Crippen LogP) is 6.25. The fourth-order valence-electron chi connectivity index (χ4n) is 4.59. The molecular formula is C28H18O2. The second kappa shape index (κ2) is 6.30. The van der Waals surface area contributed by atoms with Gasteiger partial charge >= 0.3 is 0 Å². The minimum absolute atomic E-state index is 0.0303. The molecule has 1 heterocycles. The molecule has 1 aliphatic carbocycles. The zero-order chi connectivity index (χ0) is 20.1. The summed E-state index contributed by atoms with van der Waals surface area (Å²) in [5.74, 6) is 0.687. The van der Waals surface area contributed by atoms with Crippen LogP contribution in [0, 0.1) is 0 Å². The molecule has 0 fully saturated rings. The number of benzene rings is 4. The molecule has 4 aromatic carbocycles. The molecular weight excluding hydrogens is 368 g/mol. The first-order chi connectivity index (χ1) is 14.8. The SMILES string of the molecule is O=C1c2ccccc2-c2ccc3c(c21)OC(c1ccccc1)(c1ccccc1)C=C3. The first-order valence-corrected chi connectivity index (χ1v) is 10.1. The minimum atomic E-state index is -0.792. The van der Waals surface area contributed by atoms with Gasteiger partial charge in [-0.25, -0.2) is 0 Å². The molecule has 1 aliphatic heterocycles. The molecule has 2 nitrogen and oxygen atoms in total. The van der Waals surface area contributed by atoms with Gasteiger partial charge in [0, 0.05) is 22.3 Å². The molecule has 2 heteroatoms. The molecule has 0 saturated carbocycles. The van der Waals surface area contributed by atoms with Crippen molar-refractivity contribution >= 4 is 11.9 Å². The second-order valence-electron chi connectivity index (χ2n) is 7.68. The Morgan fingerprint density at radius 3 is 1.87 bits per heavy atom. The Bertz CT molecular complexity index is 1280. The summed E-state index contributed by atoms with van der Waals surface area (Å²) < 4.78 is 6.83. The van der Waals surface area contributed by atoms with E-state index in [4.69, 9.17) is 4.74 Å². The highest BCUT2D eigenvalue weighted by atomic mass is 16.5. The van der Waals surface area contributed by atoms with Gasteiger partial charge in [0.15, 0.2) is 11.4 Å². The summed E-state index contributed by atoms with van der Waals surface area (Å²) in [5.41, 5.74) is 5.51. The molecule has 142 valence electrons. The molecule has 0 bridgehead atoms. The van der Waals surface area contributed by atoms with Crippen LogP contribution >= 0.6 is 0 Å². The first kappa shape index (κ1) is 17.0. The van der Waals surface area contributed by atoms with Crippen LogP contribution in [0.25, 0.3) is 17.2 Å². The largest absolute Gasteiger partial charge is 0.472 e. The lowest BCUT2D eigenvalue weighted by Crippen LogP contribution is -2.34. The van der Waals surface area contributed by atoms with Crippen molar-refractivity contribution in [2.24, 2.45) is 0 Å². The van der Waals surface area contributed by atoms with Crippen molar-refractivity contribution in [1.29, 1.82) is 0 Å². The summed E-state index contributed by atoms with van der Waals surface area (Å²) in [4.78, 5) is 13.3. The van der Waals surface area contributed by atoms with E-state index in [2.05, 4.69) is 36.4 Å². The van der Waals surface area contributed by atoms with E-state index in [0.29, 0.717) is 11.3 Å². The van der Waals surface area contributed by atoms with Crippen LogP contribution in [0.3, 0.4) is 0 Å². The highest BCUT2D eigenvalue weighted by molar-refractivity contribution is 6.23. The Balaban J connectivity index is 1.60. The normalized spacial score (nSPS) is 15.1. The molecule has 30 heavy (non-hydrogen) atoms. The Hall–Kier alpha value is -3.91. The van der Waals surface area contributed by atoms with Gasteiger partial charge in [-0.2, -0.15) is 0 Å². The lowest BCUT2D eigenvalue weighted by molar-refractivity contribution is 0.103. The maximum Gasteiger partial charge on any atom is 0.198 e. The van der Waals surface area contributed by atoms with Crippen LogP contribution in [0.4, 0.5) is 0 Å². The number of ether oxygens (including phenoxy) is 1. The maximum absolute atomic E-state index is 13.3. The molecule has 0 N–H and O–H groups in total. The number of rotatable bonds is 2. The van der Waals surface area contributed by atoms with Gasteiger partial charge in [-0.1, -0.05) is 103 Å². The zero-order valence-corrected chi connectivity index (χ0v) is 16.2. The number of hydrogen-bond acceptors (Lipinski definition) is 2. The highest BCUT2D eigenvalue weighted by Crippen LogP contribution is 2.49. The van der Waals surface area contributed by atoms with Crippen LogP contribution in [0.1, 0.15) is 32.6 Å². The quantitative estimate of drug-likeness (QED) is 0.359. The highest BCUT2D eigenvalue weighted by Gasteiger charge is 2.40. The van der Waals surface area contributed by atoms with Gasteiger partial charge in [-0.05, 0) is 17.2 Å². The van der Waals surface area contributed by atoms with Crippen LogP contribution in [-0.4, -0.2) is 5.78 Å². The van der Waals surface area contributed by atoms with Gasteiger partial charge in [-0.15, -0.1) is 0 Å². The summed E-state index contributed by atoms with van der Waals surface area (Å²) in [5, 5.41) is 0. The first-order valence-electron chi connectivity index (χ1n) is 10.1. The lowest BCUT2D eigenvalue weighted by atomic mass is 9.83. The van der Waals surface area contributed by atoms with Crippen LogP contribution < -0.4 is 4.74 Å². The number of carbonyl (C=O) groups excluding carboxylic acids is 1. The van der Waals surface area contributed by atoms with E-state index in [1.54, 1.807) is 0 Å². The van der Waals surface area contributed by atoms with E-state index in [9.17, 15) is 4.79 Å². The summed E-state index contributed by atoms with van der Waals surface area (Å²) in [6.45, 7) is 0. The topological polar surface area (TPSA) is 26.3 Å². The minimum Gasteiger partial charge on any atom is -0.472 e. The van der Waals surface area contributed by atoms with Gasteiger partial charge in [0.2, 0.25) is 0 Å². The van der Waals surface area contributed by atoms with E-state index in [0.717, 1.165) is 33.4 Å². The van der Waals surface area contributed by atoms with Crippen molar-refractivity contribution in [3.05, 3.63) is 131 Å². The third-order valence-corrected chi connectivity index (χ3v) is 6.04. The summed E-state index contributed by atoms with van der Waals surface area (Å²) in [6.07, 6.45) is 4.17. The van der Waals surface area contributed by atoms with Crippen molar-refractivity contribution in [3.8, 4) is 16.9 Å². The average Bonchev–Trinajstić information content (AvgIpc) is 3.12. The van der Waals surface area contributed by atoms with Crippen molar-refractivity contribution < 1.29 is 9.53 Å². The van der Waals surface area contributed by atoms with E-state index in [-0.39, 0.29) is 5.78 Å². The lowest BCUT2D eigenvalue weighted by Gasteiger charge is -2.36. The molecule has 0 aromatic heterocycles. The Kier molecular flexibility index (Phi) is 3.57. The predicted molar refractivity (Wildman–Crippen MR) is 119 cm³/mol. The molecule has 0 saturated heterocycles. The van der Waals surface area contributed by atoms with Crippen LogP contribution in [-0.2, 0) is 5.60 Å². The van der Waals surface area contributed by atoms with Gasteiger partial charge in [0.05, 0.1) is 5.56 Å². The second-order valence-corrected chi connectivity index (χ2v) is 7.68. The Morgan fingerprint density at radius 1 is 0.600 bits per heavy atom. The van der Waals surface area contributed by atoms with E-state index < -0.39 is 5.60 Å². The number of carbonyl (C=O) groups is 1. The number of hydrogen-bond donors (Lipinski definition) is 0. The molecule has 0 unspecified atom stereocenters. The van der Waals surface area contributed by atoms with Gasteiger partial charge in [0.1, 0.15) is 5.75 Å². The average molecular weight is 386 g/mol. The van der Waals surface area contributed by atoms with E-state index in [1.165, 1.54) is 0 Å². The van der Waals surface area contributed by atoms with Crippen LogP contribution in [0.5, 0.6) is 5.75 Å². The van der Waals surface area contributed by atoms with Crippen molar-refractivity contribution in [3.63, 3.8) is 0 Å². The van der Waals surface area contributed by atoms with Gasteiger partial charge in [-0.3, -0.25) is 4.79 Å². The fourth-order valence-corrected chi connectivity index (χ4v) is 4.59. The molecule has 0 atom stereocenters. The maximum atomic E-state index is 13.3. The third-order valence-electron chi connectivity index (χ3n) is 6.04. The Morgan fingerprint density at radius 2 is 1.20 bits per heavy atom.